The van der Waals surface area contributed by atoms with E-state index in [-0.39, 0.29) is 30.3 Å². The fourth-order valence-corrected chi connectivity index (χ4v) is 3.24. The third-order valence-corrected chi connectivity index (χ3v) is 4.89. The van der Waals surface area contributed by atoms with Gasteiger partial charge in [0.15, 0.2) is 11.5 Å². The number of carbonyl (C=O) groups is 2. The molecule has 2 N–H and O–H groups in total. The molecule has 0 aromatic heterocycles. The Morgan fingerprint density at radius 2 is 2.00 bits per heavy atom. The summed E-state index contributed by atoms with van der Waals surface area (Å²) >= 11 is 0. The predicted molar refractivity (Wildman–Crippen MR) is 105 cm³/mol. The van der Waals surface area contributed by atoms with E-state index >= 15 is 0 Å². The molecule has 8 heteroatoms. The molecule has 1 heterocycles. The monoisotopic (exact) mass is 400 g/mol. The molecule has 1 aromatic carbocycles. The van der Waals surface area contributed by atoms with E-state index in [2.05, 4.69) is 5.32 Å². The largest absolute Gasteiger partial charge is 0.493 e. The quantitative estimate of drug-likeness (QED) is 0.693. The van der Waals surface area contributed by atoms with E-state index in [9.17, 15) is 14.7 Å². The fourth-order valence-electron chi connectivity index (χ4n) is 3.24. The highest BCUT2D eigenvalue weighted by atomic mass is 35.5. The van der Waals surface area contributed by atoms with Gasteiger partial charge in [-0.2, -0.15) is 0 Å². The predicted octanol–water partition coefficient (Wildman–Crippen LogP) is 1.97. The molecule has 1 amide bonds. The van der Waals surface area contributed by atoms with Gasteiger partial charge in [0.05, 0.1) is 26.2 Å². The number of ether oxygens (including phenoxy) is 2. The molecular weight excluding hydrogens is 372 g/mol. The van der Waals surface area contributed by atoms with Crippen LogP contribution in [-0.4, -0.2) is 61.8 Å². The van der Waals surface area contributed by atoms with Crippen LogP contribution in [-0.2, 0) is 16.0 Å². The van der Waals surface area contributed by atoms with Gasteiger partial charge in [0, 0.05) is 13.1 Å². The van der Waals surface area contributed by atoms with Crippen molar-refractivity contribution >= 4 is 24.3 Å². The van der Waals surface area contributed by atoms with Gasteiger partial charge in [-0.15, -0.1) is 12.4 Å². The Labute approximate surface area is 166 Å². The van der Waals surface area contributed by atoms with Gasteiger partial charge in [-0.25, -0.2) is 0 Å². The van der Waals surface area contributed by atoms with Crippen molar-refractivity contribution in [2.24, 2.45) is 5.92 Å². The van der Waals surface area contributed by atoms with Crippen molar-refractivity contribution < 1.29 is 24.2 Å². The van der Waals surface area contributed by atoms with Crippen molar-refractivity contribution in [3.8, 4) is 11.5 Å². The number of hydrogen-bond donors (Lipinski definition) is 2. The second-order valence-corrected chi connectivity index (χ2v) is 6.58. The Morgan fingerprint density at radius 3 is 2.63 bits per heavy atom. The summed E-state index contributed by atoms with van der Waals surface area (Å²) in [5, 5.41) is 12.1. The van der Waals surface area contributed by atoms with Gasteiger partial charge in [-0.3, -0.25) is 14.5 Å². The number of nitrogens with one attached hydrogen (secondary N) is 1. The van der Waals surface area contributed by atoms with Crippen molar-refractivity contribution in [3.63, 3.8) is 0 Å². The van der Waals surface area contributed by atoms with Crippen LogP contribution in [0.5, 0.6) is 11.5 Å². The maximum Gasteiger partial charge on any atom is 0.307 e. The summed E-state index contributed by atoms with van der Waals surface area (Å²) in [6, 6.07) is 5.36. The number of carbonyl (C=O) groups excluding carboxylic acids is 1. The SMILES string of the molecule is COc1ccc(CCNC(=O)C(C)N2CCCC(C(=O)O)C2)cc1OC.Cl. The number of nitrogens with zero attached hydrogens (tertiary/aromatic N) is 1. The molecule has 0 saturated carbocycles. The summed E-state index contributed by atoms with van der Waals surface area (Å²) in [4.78, 5) is 25.5. The van der Waals surface area contributed by atoms with E-state index in [4.69, 9.17) is 9.47 Å². The van der Waals surface area contributed by atoms with Crippen molar-refractivity contribution in [1.29, 1.82) is 0 Å². The van der Waals surface area contributed by atoms with Crippen LogP contribution in [0.15, 0.2) is 18.2 Å². The molecule has 2 unspecified atom stereocenters. The van der Waals surface area contributed by atoms with Crippen molar-refractivity contribution in [1.82, 2.24) is 10.2 Å². The lowest BCUT2D eigenvalue weighted by Crippen LogP contribution is -2.50. The molecule has 27 heavy (non-hydrogen) atoms. The fraction of sp³-hybridized carbons (Fsp3) is 0.579. The molecule has 0 spiro atoms. The third-order valence-electron chi connectivity index (χ3n) is 4.89. The third kappa shape index (κ3) is 6.29. The highest BCUT2D eigenvalue weighted by Crippen LogP contribution is 2.27. The highest BCUT2D eigenvalue weighted by molar-refractivity contribution is 5.85. The zero-order valence-electron chi connectivity index (χ0n) is 16.1. The second-order valence-electron chi connectivity index (χ2n) is 6.58. The number of piperidine rings is 1. The van der Waals surface area contributed by atoms with E-state index in [1.807, 2.05) is 30.0 Å². The molecule has 2 atom stereocenters. The number of amides is 1. The molecular formula is C19H29ClN2O5. The molecule has 152 valence electrons. The van der Waals surface area contributed by atoms with Crippen molar-refractivity contribution in [2.75, 3.05) is 33.9 Å². The Balaban J connectivity index is 0.00000364. The number of methoxy groups -OCH3 is 2. The summed E-state index contributed by atoms with van der Waals surface area (Å²) in [6.45, 7) is 3.53. The van der Waals surface area contributed by atoms with Gasteiger partial charge >= 0.3 is 5.97 Å². The van der Waals surface area contributed by atoms with Gasteiger partial charge in [0.25, 0.3) is 0 Å². The first-order valence-electron chi connectivity index (χ1n) is 8.91. The van der Waals surface area contributed by atoms with Crippen LogP contribution < -0.4 is 14.8 Å². The van der Waals surface area contributed by atoms with Gasteiger partial charge in [0.1, 0.15) is 0 Å². The Hall–Kier alpha value is -1.99. The van der Waals surface area contributed by atoms with Crippen LogP contribution in [0.4, 0.5) is 0 Å². The number of likely N-dealkylation sites (tertiary alicyclic amines) is 1. The van der Waals surface area contributed by atoms with E-state index in [0.717, 1.165) is 18.5 Å². The lowest BCUT2D eigenvalue weighted by Gasteiger charge is -2.34. The average molecular weight is 401 g/mol. The highest BCUT2D eigenvalue weighted by Gasteiger charge is 2.30. The number of hydrogen-bond acceptors (Lipinski definition) is 5. The van der Waals surface area contributed by atoms with Crippen LogP contribution in [0.3, 0.4) is 0 Å². The van der Waals surface area contributed by atoms with Gasteiger partial charge in [-0.05, 0) is 50.4 Å². The van der Waals surface area contributed by atoms with Crippen LogP contribution in [0.2, 0.25) is 0 Å². The first kappa shape index (κ1) is 23.0. The molecule has 1 aliphatic rings. The number of benzene rings is 1. The first-order chi connectivity index (χ1) is 12.5. The van der Waals surface area contributed by atoms with Crippen molar-refractivity contribution in [2.45, 2.75) is 32.2 Å². The lowest BCUT2D eigenvalue weighted by molar-refractivity contribution is -0.145. The topological polar surface area (TPSA) is 88.1 Å². The number of carboxylic acid groups (broad SMARTS) is 1. The average Bonchev–Trinajstić information content (AvgIpc) is 2.67. The van der Waals surface area contributed by atoms with Gasteiger partial charge < -0.3 is 19.9 Å². The van der Waals surface area contributed by atoms with E-state index in [0.29, 0.717) is 37.4 Å². The molecule has 7 nitrogen and oxygen atoms in total. The van der Waals surface area contributed by atoms with Gasteiger partial charge in [0.2, 0.25) is 5.91 Å². The smallest absolute Gasteiger partial charge is 0.307 e. The van der Waals surface area contributed by atoms with Crippen LogP contribution >= 0.6 is 12.4 Å². The summed E-state index contributed by atoms with van der Waals surface area (Å²) in [6.07, 6.45) is 2.16. The minimum Gasteiger partial charge on any atom is -0.493 e. The zero-order valence-corrected chi connectivity index (χ0v) is 16.9. The first-order valence-corrected chi connectivity index (χ1v) is 8.91. The van der Waals surface area contributed by atoms with E-state index in [1.165, 1.54) is 0 Å². The minimum atomic E-state index is -0.782. The normalized spacial score (nSPS) is 18.1. The number of aliphatic carboxylic acids is 1. The molecule has 1 saturated heterocycles. The Kier molecular flexibility index (Phi) is 9.38. The molecule has 0 bridgehead atoms. The Morgan fingerprint density at radius 1 is 1.30 bits per heavy atom. The molecule has 2 rings (SSSR count). The number of rotatable bonds is 8. The Bertz CT molecular complexity index is 641. The molecule has 0 aliphatic carbocycles. The molecule has 1 fully saturated rings. The lowest BCUT2D eigenvalue weighted by atomic mass is 9.97. The van der Waals surface area contributed by atoms with Gasteiger partial charge in [-0.1, -0.05) is 6.07 Å². The molecule has 1 aromatic rings. The maximum absolute atomic E-state index is 12.4. The summed E-state index contributed by atoms with van der Waals surface area (Å²) in [5.41, 5.74) is 1.04. The number of halogens is 1. The molecule has 1 aliphatic heterocycles. The summed E-state index contributed by atoms with van der Waals surface area (Å²) in [5.74, 6) is 0.0998. The summed E-state index contributed by atoms with van der Waals surface area (Å²) < 4.78 is 10.5. The maximum atomic E-state index is 12.4. The van der Waals surface area contributed by atoms with Crippen molar-refractivity contribution in [3.05, 3.63) is 23.8 Å². The second kappa shape index (κ2) is 11.0. The molecule has 0 radical (unpaired) electrons. The standard InChI is InChI=1S/C19H28N2O5.ClH/c1-13(21-10-4-5-15(12-21)19(23)24)18(22)20-9-8-14-6-7-16(25-2)17(11-14)26-3;/h6-7,11,13,15H,4-5,8-10,12H2,1-3H3,(H,20,22)(H,23,24);1H. The minimum absolute atomic E-state index is 0. The summed E-state index contributed by atoms with van der Waals surface area (Å²) in [7, 11) is 3.18. The van der Waals surface area contributed by atoms with Crippen LogP contribution in [0, 0.1) is 5.92 Å². The van der Waals surface area contributed by atoms with Crippen LogP contribution in [0.1, 0.15) is 25.3 Å². The number of carboxylic acids is 1. The van der Waals surface area contributed by atoms with E-state index < -0.39 is 5.97 Å². The van der Waals surface area contributed by atoms with Crippen LogP contribution in [0.25, 0.3) is 0 Å². The zero-order chi connectivity index (χ0) is 19.1. The van der Waals surface area contributed by atoms with E-state index in [1.54, 1.807) is 14.2 Å².